The van der Waals surface area contributed by atoms with E-state index in [0.717, 1.165) is 5.69 Å². The Kier molecular flexibility index (Phi) is 13.7. The maximum Gasteiger partial charge on any atom is 0.408 e. The van der Waals surface area contributed by atoms with Crippen LogP contribution >= 0.6 is 0 Å². The molecule has 0 aromatic carbocycles. The zero-order valence-corrected chi connectivity index (χ0v) is 32.3. The van der Waals surface area contributed by atoms with Crippen LogP contribution in [0, 0.1) is 17.8 Å². The molecule has 290 valence electrons. The summed E-state index contributed by atoms with van der Waals surface area (Å²) in [5.41, 5.74) is -1.32. The summed E-state index contributed by atoms with van der Waals surface area (Å²) in [4.78, 5) is 42.4. The van der Waals surface area contributed by atoms with E-state index in [0.29, 0.717) is 38.9 Å². The molecule has 4 rings (SSSR count). The van der Waals surface area contributed by atoms with Crippen LogP contribution < -0.4 is 16.0 Å². The van der Waals surface area contributed by atoms with E-state index in [2.05, 4.69) is 28.0 Å². The van der Waals surface area contributed by atoms with Crippen molar-refractivity contribution in [2.45, 2.75) is 134 Å². The third-order valence-corrected chi connectivity index (χ3v) is 11.2. The average Bonchev–Trinajstić information content (AvgIpc) is 3.64. The summed E-state index contributed by atoms with van der Waals surface area (Å²) in [6, 6.07) is 0.897. The Labute approximate surface area is 302 Å². The molecule has 0 aliphatic carbocycles. The van der Waals surface area contributed by atoms with Gasteiger partial charge in [0.25, 0.3) is 0 Å². The number of amides is 1. The lowest BCUT2D eigenvalue weighted by Crippen LogP contribution is -2.60. The second-order valence-corrected chi connectivity index (χ2v) is 15.5. The minimum absolute atomic E-state index is 0.00718. The zero-order valence-electron chi connectivity index (χ0n) is 32.3. The highest BCUT2D eigenvalue weighted by atomic mass is 16.7. The highest BCUT2D eigenvalue weighted by Crippen LogP contribution is 2.37. The van der Waals surface area contributed by atoms with Gasteiger partial charge in [-0.1, -0.05) is 20.8 Å². The number of carbonyl (C=O) groups is 3. The van der Waals surface area contributed by atoms with Gasteiger partial charge in [0.2, 0.25) is 0 Å². The van der Waals surface area contributed by atoms with Crippen LogP contribution in [0.2, 0.25) is 0 Å². The molecule has 1 amide bonds. The number of alkyl carbamates (subject to hydrolysis) is 1. The number of cyclic esters (lactones) is 1. The number of hydrogen-bond donors (Lipinski definition) is 4. The first-order valence-corrected chi connectivity index (χ1v) is 18.3. The molecule has 0 bridgehead atoms. The molecule has 4 N–H and O–H groups in total. The molecule has 3 unspecified atom stereocenters. The molecule has 4 heterocycles. The van der Waals surface area contributed by atoms with E-state index in [9.17, 15) is 19.5 Å². The van der Waals surface area contributed by atoms with E-state index in [1.165, 1.54) is 6.92 Å². The number of Topliss-reactive ketones (excluding diaryl/α,β-unsaturated/α-hetero) is 1. The van der Waals surface area contributed by atoms with E-state index < -0.39 is 71.5 Å². The summed E-state index contributed by atoms with van der Waals surface area (Å²) in [6.45, 7) is 14.3. The topological polar surface area (TPSA) is 175 Å². The van der Waals surface area contributed by atoms with Crippen LogP contribution in [-0.4, -0.2) is 132 Å². The number of ether oxygens (including phenoxy) is 5. The Morgan fingerprint density at radius 1 is 1.18 bits per heavy atom. The van der Waals surface area contributed by atoms with E-state index in [1.807, 2.05) is 59.1 Å². The quantitative estimate of drug-likeness (QED) is 0.215. The van der Waals surface area contributed by atoms with Crippen LogP contribution in [0.4, 0.5) is 4.79 Å². The molecule has 3 aliphatic rings. The fraction of sp³-hybridized carbons (Fsp3) is 0.833. The van der Waals surface area contributed by atoms with Crippen molar-refractivity contribution in [3.05, 3.63) is 18.0 Å². The lowest BCUT2D eigenvalue weighted by atomic mass is 9.78. The maximum atomic E-state index is 14.3. The number of hydrogen-bond acceptors (Lipinski definition) is 13. The van der Waals surface area contributed by atoms with Crippen molar-refractivity contribution in [3.63, 3.8) is 0 Å². The smallest absolute Gasteiger partial charge is 0.408 e. The number of rotatable bonds is 9. The Morgan fingerprint density at radius 2 is 1.88 bits per heavy atom. The number of carbonyl (C=O) groups excluding carboxylic acids is 3. The Balaban J connectivity index is 1.64. The molecule has 1 aromatic rings. The summed E-state index contributed by atoms with van der Waals surface area (Å²) in [6.07, 6.45) is -1.48. The van der Waals surface area contributed by atoms with Crippen molar-refractivity contribution in [2.24, 2.45) is 24.8 Å². The number of esters is 1. The molecule has 0 spiro atoms. The number of aromatic nitrogens is 2. The second kappa shape index (κ2) is 17.0. The van der Waals surface area contributed by atoms with Crippen LogP contribution in [0.15, 0.2) is 12.3 Å². The monoisotopic (exact) mass is 722 g/mol. The van der Waals surface area contributed by atoms with Gasteiger partial charge in [-0.2, -0.15) is 5.10 Å². The lowest BCUT2D eigenvalue weighted by molar-refractivity contribution is -0.297. The van der Waals surface area contributed by atoms with Crippen molar-refractivity contribution in [1.82, 2.24) is 30.6 Å². The van der Waals surface area contributed by atoms with Gasteiger partial charge < -0.3 is 49.6 Å². The highest BCUT2D eigenvalue weighted by molar-refractivity contribution is 6.00. The van der Waals surface area contributed by atoms with Gasteiger partial charge in [0.05, 0.1) is 29.5 Å². The molecule has 0 radical (unpaired) electrons. The zero-order chi connectivity index (χ0) is 37.8. The molecule has 1 aromatic heterocycles. The standard InChI is InChI=1S/C36H62N6O9/c1-12-27-36(7)30(39-34(46)51-36)23(5)38-17-20(2)16-35(6,47-11)31(21(3)28(43)22(4)32(45)49-27)50-33-29(44)26(41(8)9)15-25(48-33)19-37-18-24-13-14-42(10)40-24/h13-14,20-23,25-27,29-31,33,37-38,44H,12,15-19H2,1-11H3,(H,39,46)/t20-,21+,22?,23-,25+,26?,27+,29?,30-,31-,33+,35-,36-/m1/s1. The van der Waals surface area contributed by atoms with Crippen LogP contribution in [0.5, 0.6) is 0 Å². The SMILES string of the molecule is CC[C@@H]1OC(=O)C(C)C(=O)[C@H](C)[C@@H](O[C@@H]2O[C@H](CNCc3ccn(C)n3)CC(N(C)C)C2O)[C@](C)(OC)C[C@@H](C)CN[C@H](C)[C@H]2NC(=O)O[C@]12C. The van der Waals surface area contributed by atoms with E-state index >= 15 is 0 Å². The fourth-order valence-electron chi connectivity index (χ4n) is 8.07. The molecule has 51 heavy (non-hydrogen) atoms. The van der Waals surface area contributed by atoms with Crippen molar-refractivity contribution < 1.29 is 43.2 Å². The number of aryl methyl sites for hydroxylation is 1. The van der Waals surface area contributed by atoms with Gasteiger partial charge in [-0.05, 0) is 79.6 Å². The maximum absolute atomic E-state index is 14.3. The molecular formula is C36H62N6O9. The summed E-state index contributed by atoms with van der Waals surface area (Å²) >= 11 is 0. The van der Waals surface area contributed by atoms with E-state index in [4.69, 9.17) is 23.7 Å². The molecule has 0 saturated carbocycles. The van der Waals surface area contributed by atoms with Crippen LogP contribution in [0.1, 0.15) is 73.4 Å². The predicted octanol–water partition coefficient (Wildman–Crippen LogP) is 1.75. The average molecular weight is 723 g/mol. The van der Waals surface area contributed by atoms with Gasteiger partial charge in [-0.25, -0.2) is 4.79 Å². The van der Waals surface area contributed by atoms with E-state index in [1.54, 1.807) is 25.6 Å². The van der Waals surface area contributed by atoms with Gasteiger partial charge in [0.1, 0.15) is 18.1 Å². The number of nitrogens with zero attached hydrogens (tertiary/aromatic N) is 3. The number of ketones is 1. The molecule has 15 heteroatoms. The van der Waals surface area contributed by atoms with Crippen molar-refractivity contribution >= 4 is 17.8 Å². The molecule has 15 nitrogen and oxygen atoms in total. The predicted molar refractivity (Wildman–Crippen MR) is 189 cm³/mol. The summed E-state index contributed by atoms with van der Waals surface area (Å²) in [5.74, 6) is -3.14. The van der Waals surface area contributed by atoms with Crippen LogP contribution in [-0.2, 0) is 46.9 Å². The number of nitrogens with one attached hydrogen (secondary N) is 3. The van der Waals surface area contributed by atoms with Gasteiger partial charge in [0.15, 0.2) is 17.7 Å². The van der Waals surface area contributed by atoms with Gasteiger partial charge >= 0.3 is 12.1 Å². The first-order valence-electron chi connectivity index (χ1n) is 18.3. The molecule has 3 fully saturated rings. The molecule has 3 saturated heterocycles. The van der Waals surface area contributed by atoms with Gasteiger partial charge in [-0.15, -0.1) is 0 Å². The molecule has 3 aliphatic heterocycles. The molecule has 13 atom stereocenters. The number of aliphatic hydroxyl groups excluding tert-OH is 1. The third-order valence-electron chi connectivity index (χ3n) is 11.2. The highest BCUT2D eigenvalue weighted by Gasteiger charge is 2.55. The Morgan fingerprint density at radius 3 is 2.49 bits per heavy atom. The van der Waals surface area contributed by atoms with Gasteiger partial charge in [0, 0.05) is 51.4 Å². The summed E-state index contributed by atoms with van der Waals surface area (Å²) in [5, 5.41) is 25.9. The Hall–Kier alpha value is -2.66. The first-order chi connectivity index (χ1) is 23.9. The largest absolute Gasteiger partial charge is 0.458 e. The lowest BCUT2D eigenvalue weighted by Gasteiger charge is -2.47. The van der Waals surface area contributed by atoms with Crippen LogP contribution in [0.25, 0.3) is 0 Å². The van der Waals surface area contributed by atoms with Crippen molar-refractivity contribution in [2.75, 3.05) is 34.3 Å². The first kappa shape index (κ1) is 41.1. The summed E-state index contributed by atoms with van der Waals surface area (Å²) in [7, 11) is 7.26. The number of methoxy groups -OCH3 is 1. The third kappa shape index (κ3) is 9.29. The van der Waals surface area contributed by atoms with E-state index in [-0.39, 0.29) is 24.1 Å². The summed E-state index contributed by atoms with van der Waals surface area (Å²) < 4.78 is 32.9. The minimum atomic E-state index is -1.17. The van der Waals surface area contributed by atoms with Gasteiger partial charge in [-0.3, -0.25) is 14.3 Å². The van der Waals surface area contributed by atoms with Crippen LogP contribution in [0.3, 0.4) is 0 Å². The normalized spacial score (nSPS) is 40.2. The fourth-order valence-corrected chi connectivity index (χ4v) is 8.07. The second-order valence-electron chi connectivity index (χ2n) is 15.5. The number of aliphatic hydroxyl groups is 1. The number of fused-ring (bicyclic) bond motifs is 1. The van der Waals surface area contributed by atoms with Crippen molar-refractivity contribution in [1.29, 1.82) is 0 Å². The Bertz CT molecular complexity index is 1350. The minimum Gasteiger partial charge on any atom is -0.458 e. The number of likely N-dealkylation sites (N-methyl/N-ethyl adjacent to an activating group) is 1. The molecular weight excluding hydrogens is 660 g/mol. The van der Waals surface area contributed by atoms with Crippen molar-refractivity contribution in [3.8, 4) is 0 Å².